The molecule has 0 bridgehead atoms. The first-order valence-electron chi connectivity index (χ1n) is 10.5. The van der Waals surface area contributed by atoms with Crippen LogP contribution in [-0.2, 0) is 16.1 Å². The van der Waals surface area contributed by atoms with Crippen molar-refractivity contribution < 1.29 is 9.59 Å². The molecule has 1 aliphatic heterocycles. The highest BCUT2D eigenvalue weighted by molar-refractivity contribution is 6.35. The van der Waals surface area contributed by atoms with Crippen LogP contribution in [0.2, 0.25) is 15.1 Å². The van der Waals surface area contributed by atoms with Gasteiger partial charge in [0, 0.05) is 34.2 Å². The van der Waals surface area contributed by atoms with E-state index in [9.17, 15) is 9.59 Å². The zero-order valence-corrected chi connectivity index (χ0v) is 19.3. The van der Waals surface area contributed by atoms with Gasteiger partial charge in [0.05, 0.1) is 5.69 Å². The third kappa shape index (κ3) is 5.17. The average molecular weight is 481 g/mol. The van der Waals surface area contributed by atoms with Gasteiger partial charge in [0.1, 0.15) is 5.92 Å². The maximum atomic E-state index is 13.4. The summed E-state index contributed by atoms with van der Waals surface area (Å²) in [6, 6.07) is 12.4. The Balaban J connectivity index is 1.58. The molecule has 2 amide bonds. The Kier molecular flexibility index (Phi) is 7.07. The number of nitrogens with zero attached hydrogens (tertiary/aromatic N) is 2. The summed E-state index contributed by atoms with van der Waals surface area (Å²) in [6.45, 7) is 0.649. The summed E-state index contributed by atoms with van der Waals surface area (Å²) in [6.07, 6.45) is 5.37. The number of nitrogens with one attached hydrogen (secondary N) is 1. The molecular weight excluding hydrogens is 457 g/mol. The van der Waals surface area contributed by atoms with Gasteiger partial charge >= 0.3 is 0 Å². The molecule has 164 valence electrons. The normalized spacial score (nSPS) is 20.3. The molecule has 0 aromatic heterocycles. The number of halogens is 3. The van der Waals surface area contributed by atoms with Crippen molar-refractivity contribution in [1.82, 2.24) is 10.3 Å². The zero-order chi connectivity index (χ0) is 22.0. The average Bonchev–Trinajstić information content (AvgIpc) is 3.07. The molecule has 2 aliphatic rings. The highest BCUT2D eigenvalue weighted by atomic mass is 35.5. The summed E-state index contributed by atoms with van der Waals surface area (Å²) in [5.41, 5.74) is 1.48. The van der Waals surface area contributed by atoms with Gasteiger partial charge in [-0.2, -0.15) is 0 Å². The van der Waals surface area contributed by atoms with E-state index in [0.717, 1.165) is 31.2 Å². The lowest BCUT2D eigenvalue weighted by molar-refractivity contribution is -0.132. The largest absolute Gasteiger partial charge is 0.353 e. The van der Waals surface area contributed by atoms with Gasteiger partial charge < -0.3 is 5.32 Å². The molecular formula is C23H24Cl3N3O2. The molecule has 1 N–H and O–H groups in total. The summed E-state index contributed by atoms with van der Waals surface area (Å²) in [5.74, 6) is -1.23. The third-order valence-corrected chi connectivity index (χ3v) is 6.73. The van der Waals surface area contributed by atoms with E-state index in [1.54, 1.807) is 41.4 Å². The fraction of sp³-hybridized carbons (Fsp3) is 0.391. The Morgan fingerprint density at radius 2 is 1.65 bits per heavy atom. The number of amides is 2. The molecule has 1 heterocycles. The van der Waals surface area contributed by atoms with E-state index in [1.165, 1.54) is 6.42 Å². The van der Waals surface area contributed by atoms with E-state index >= 15 is 0 Å². The molecule has 1 saturated heterocycles. The van der Waals surface area contributed by atoms with Crippen LogP contribution in [-0.4, -0.2) is 29.4 Å². The number of hydrazine groups is 1. The monoisotopic (exact) mass is 479 g/mol. The molecule has 2 fully saturated rings. The molecule has 4 rings (SSSR count). The van der Waals surface area contributed by atoms with Gasteiger partial charge in [0.25, 0.3) is 5.91 Å². The summed E-state index contributed by atoms with van der Waals surface area (Å²) >= 11 is 18.4. The molecule has 1 unspecified atom stereocenters. The number of hydrogen-bond donors (Lipinski definition) is 1. The first kappa shape index (κ1) is 22.4. The first-order chi connectivity index (χ1) is 14.9. The lowest BCUT2D eigenvalue weighted by Gasteiger charge is -2.28. The van der Waals surface area contributed by atoms with Crippen molar-refractivity contribution >= 4 is 52.3 Å². The van der Waals surface area contributed by atoms with E-state index in [4.69, 9.17) is 34.8 Å². The Morgan fingerprint density at radius 1 is 0.968 bits per heavy atom. The fourth-order valence-electron chi connectivity index (χ4n) is 4.26. The van der Waals surface area contributed by atoms with Crippen molar-refractivity contribution in [1.29, 1.82) is 0 Å². The van der Waals surface area contributed by atoms with Crippen molar-refractivity contribution in [2.45, 2.75) is 44.7 Å². The van der Waals surface area contributed by atoms with Crippen molar-refractivity contribution in [3.8, 4) is 0 Å². The Hall–Kier alpha value is -1.79. The van der Waals surface area contributed by atoms with Crippen molar-refractivity contribution in [3.63, 3.8) is 0 Å². The quantitative estimate of drug-likeness (QED) is 0.577. The SMILES string of the molecule is O=C(NC1CCCCC1)C1CN(Cc2ccc(Cl)cc2Cl)N(c2ccc(Cl)cc2)C1=O. The van der Waals surface area contributed by atoms with Crippen LogP contribution < -0.4 is 10.3 Å². The minimum atomic E-state index is -0.774. The van der Waals surface area contributed by atoms with E-state index in [0.29, 0.717) is 27.3 Å². The molecule has 0 radical (unpaired) electrons. The van der Waals surface area contributed by atoms with Crippen molar-refractivity contribution in [2.75, 3.05) is 11.6 Å². The van der Waals surface area contributed by atoms with Gasteiger partial charge in [0.2, 0.25) is 5.91 Å². The number of hydrogen-bond acceptors (Lipinski definition) is 3. The minimum Gasteiger partial charge on any atom is -0.353 e. The number of rotatable bonds is 5. The summed E-state index contributed by atoms with van der Waals surface area (Å²) in [4.78, 5) is 26.4. The number of anilines is 1. The standard InChI is InChI=1S/C23H24Cl3N3O2/c24-16-8-10-19(11-9-16)29-23(31)20(22(30)27-18-4-2-1-3-5-18)14-28(29)13-15-6-7-17(25)12-21(15)26/h6-12,18,20H,1-5,13-14H2,(H,27,30). The molecule has 1 aliphatic carbocycles. The molecule has 2 aromatic carbocycles. The van der Waals surface area contributed by atoms with Gasteiger partial charge in [-0.1, -0.05) is 60.1 Å². The number of carbonyl (C=O) groups is 2. The van der Waals surface area contributed by atoms with Crippen LogP contribution in [0.25, 0.3) is 0 Å². The topological polar surface area (TPSA) is 52.7 Å². The maximum Gasteiger partial charge on any atom is 0.255 e. The van der Waals surface area contributed by atoms with E-state index in [-0.39, 0.29) is 24.4 Å². The van der Waals surface area contributed by atoms with Crippen molar-refractivity contribution in [2.24, 2.45) is 5.92 Å². The predicted octanol–water partition coefficient (Wildman–Crippen LogP) is 5.48. The zero-order valence-electron chi connectivity index (χ0n) is 17.0. The van der Waals surface area contributed by atoms with Crippen LogP contribution in [0.1, 0.15) is 37.7 Å². The summed E-state index contributed by atoms with van der Waals surface area (Å²) < 4.78 is 0. The molecule has 5 nitrogen and oxygen atoms in total. The predicted molar refractivity (Wildman–Crippen MR) is 124 cm³/mol. The molecule has 0 spiro atoms. The molecule has 31 heavy (non-hydrogen) atoms. The van der Waals surface area contributed by atoms with E-state index in [2.05, 4.69) is 5.32 Å². The van der Waals surface area contributed by atoms with Crippen LogP contribution in [0.3, 0.4) is 0 Å². The fourth-order valence-corrected chi connectivity index (χ4v) is 4.85. The van der Waals surface area contributed by atoms with Crippen LogP contribution >= 0.6 is 34.8 Å². The molecule has 1 atom stereocenters. The van der Waals surface area contributed by atoms with Crippen LogP contribution in [0.15, 0.2) is 42.5 Å². The third-order valence-electron chi connectivity index (χ3n) is 5.89. The Labute approximate surface area is 197 Å². The lowest BCUT2D eigenvalue weighted by Crippen LogP contribution is -2.43. The molecule has 1 saturated carbocycles. The highest BCUT2D eigenvalue weighted by Gasteiger charge is 2.43. The van der Waals surface area contributed by atoms with Gasteiger partial charge in [0.15, 0.2) is 0 Å². The van der Waals surface area contributed by atoms with Gasteiger partial charge in [-0.05, 0) is 54.8 Å². The Morgan fingerprint density at radius 3 is 2.32 bits per heavy atom. The first-order valence-corrected chi connectivity index (χ1v) is 11.6. The number of benzene rings is 2. The molecule has 2 aromatic rings. The second kappa shape index (κ2) is 9.78. The van der Waals surface area contributed by atoms with Gasteiger partial charge in [-0.25, -0.2) is 10.0 Å². The van der Waals surface area contributed by atoms with E-state index < -0.39 is 5.92 Å². The lowest BCUT2D eigenvalue weighted by atomic mass is 9.95. The summed E-state index contributed by atoms with van der Waals surface area (Å²) in [5, 5.41) is 8.16. The second-order valence-electron chi connectivity index (χ2n) is 8.11. The van der Waals surface area contributed by atoms with Gasteiger partial charge in [-0.15, -0.1) is 0 Å². The van der Waals surface area contributed by atoms with Crippen molar-refractivity contribution in [3.05, 3.63) is 63.1 Å². The Bertz CT molecular complexity index is 961. The van der Waals surface area contributed by atoms with Crippen LogP contribution in [0.4, 0.5) is 5.69 Å². The minimum absolute atomic E-state index is 0.151. The second-order valence-corrected chi connectivity index (χ2v) is 9.39. The van der Waals surface area contributed by atoms with Gasteiger partial charge in [-0.3, -0.25) is 9.59 Å². The summed E-state index contributed by atoms with van der Waals surface area (Å²) in [7, 11) is 0. The van der Waals surface area contributed by atoms with E-state index in [1.807, 2.05) is 11.1 Å². The maximum absolute atomic E-state index is 13.4. The molecule has 8 heteroatoms. The van der Waals surface area contributed by atoms with Crippen LogP contribution in [0.5, 0.6) is 0 Å². The van der Waals surface area contributed by atoms with Crippen LogP contribution in [0, 0.1) is 5.92 Å². The highest BCUT2D eigenvalue weighted by Crippen LogP contribution is 2.31. The smallest absolute Gasteiger partial charge is 0.255 e. The number of carbonyl (C=O) groups excluding carboxylic acids is 2.